The van der Waals surface area contributed by atoms with Crippen molar-refractivity contribution >= 4 is 23.1 Å². The lowest BCUT2D eigenvalue weighted by molar-refractivity contribution is -0.119. The average molecular weight is 378 g/mol. The number of carbonyl (C=O) groups is 1. The Morgan fingerprint density at radius 1 is 1.21 bits per heavy atom. The van der Waals surface area contributed by atoms with Gasteiger partial charge in [0.05, 0.1) is 23.7 Å². The Morgan fingerprint density at radius 3 is 2.68 bits per heavy atom. The van der Waals surface area contributed by atoms with E-state index in [0.717, 1.165) is 60.5 Å². The number of ether oxygens (including phenoxy) is 1. The van der Waals surface area contributed by atoms with Crippen molar-refractivity contribution in [1.29, 1.82) is 0 Å². The molecule has 1 fully saturated rings. The molecule has 0 amide bonds. The lowest BCUT2D eigenvalue weighted by Gasteiger charge is -2.33. The van der Waals surface area contributed by atoms with Crippen molar-refractivity contribution in [3.8, 4) is 11.4 Å². The number of fused-ring (bicyclic) bond motifs is 1. The van der Waals surface area contributed by atoms with Gasteiger partial charge in [0.25, 0.3) is 0 Å². The van der Waals surface area contributed by atoms with Crippen LogP contribution in [-0.2, 0) is 9.53 Å². The van der Waals surface area contributed by atoms with Crippen LogP contribution in [-0.4, -0.2) is 47.0 Å². The Labute approximate surface area is 164 Å². The summed E-state index contributed by atoms with van der Waals surface area (Å²) in [6.07, 6.45) is 4.95. The van der Waals surface area contributed by atoms with E-state index in [1.807, 2.05) is 44.3 Å². The predicted octanol–water partition coefficient (Wildman–Crippen LogP) is 3.84. The van der Waals surface area contributed by atoms with Gasteiger partial charge in [-0.1, -0.05) is 26.0 Å². The van der Waals surface area contributed by atoms with E-state index in [0.29, 0.717) is 6.61 Å². The predicted molar refractivity (Wildman–Crippen MR) is 110 cm³/mol. The van der Waals surface area contributed by atoms with E-state index in [1.165, 1.54) is 0 Å². The number of anilines is 1. The van der Waals surface area contributed by atoms with Crippen molar-refractivity contribution in [2.75, 3.05) is 24.6 Å². The monoisotopic (exact) mass is 378 g/mol. The normalized spacial score (nSPS) is 15.9. The largest absolute Gasteiger partial charge is 0.377 e. The molecule has 1 aromatic carbocycles. The van der Waals surface area contributed by atoms with Crippen molar-refractivity contribution in [2.45, 2.75) is 32.8 Å². The zero-order chi connectivity index (χ0) is 19.6. The second kappa shape index (κ2) is 7.72. The van der Waals surface area contributed by atoms with Gasteiger partial charge in [-0.25, -0.2) is 9.97 Å². The third kappa shape index (κ3) is 4.07. The molecule has 1 saturated heterocycles. The molecule has 0 atom stereocenters. The van der Waals surface area contributed by atoms with Crippen LogP contribution in [0.3, 0.4) is 0 Å². The molecular weight excluding hydrogens is 352 g/mol. The number of imidazole rings is 1. The van der Waals surface area contributed by atoms with Crippen molar-refractivity contribution in [1.82, 2.24) is 15.0 Å². The number of benzene rings is 1. The SMILES string of the molecule is CC(C)(C=O)COC1CCN(c2ccc(-c3nc4ccccc4[nH]3)cn2)CC1. The molecule has 4 rings (SSSR count). The summed E-state index contributed by atoms with van der Waals surface area (Å²) >= 11 is 0. The molecule has 0 aliphatic carbocycles. The molecule has 1 aliphatic rings. The Balaban J connectivity index is 1.36. The van der Waals surface area contributed by atoms with E-state index in [2.05, 4.69) is 32.0 Å². The van der Waals surface area contributed by atoms with Gasteiger partial charge in [-0.05, 0) is 37.1 Å². The fraction of sp³-hybridized carbons (Fsp3) is 0.409. The number of hydrogen-bond donors (Lipinski definition) is 1. The first-order valence-electron chi connectivity index (χ1n) is 9.78. The molecule has 6 nitrogen and oxygen atoms in total. The molecule has 1 aliphatic heterocycles. The topological polar surface area (TPSA) is 71.1 Å². The first-order chi connectivity index (χ1) is 13.5. The van der Waals surface area contributed by atoms with Gasteiger partial charge in [0.15, 0.2) is 0 Å². The number of hydrogen-bond acceptors (Lipinski definition) is 5. The highest BCUT2D eigenvalue weighted by molar-refractivity contribution is 5.79. The van der Waals surface area contributed by atoms with Gasteiger partial charge in [0.2, 0.25) is 0 Å². The zero-order valence-electron chi connectivity index (χ0n) is 16.4. The average Bonchev–Trinajstić information content (AvgIpc) is 3.17. The highest BCUT2D eigenvalue weighted by Crippen LogP contribution is 2.24. The molecule has 0 bridgehead atoms. The minimum atomic E-state index is -0.412. The molecule has 28 heavy (non-hydrogen) atoms. The Morgan fingerprint density at radius 2 is 2.00 bits per heavy atom. The number of aldehydes is 1. The number of nitrogens with zero attached hydrogens (tertiary/aromatic N) is 3. The molecule has 146 valence electrons. The lowest BCUT2D eigenvalue weighted by Crippen LogP contribution is -2.38. The summed E-state index contributed by atoms with van der Waals surface area (Å²) in [6, 6.07) is 12.1. The van der Waals surface area contributed by atoms with E-state index in [-0.39, 0.29) is 6.10 Å². The fourth-order valence-corrected chi connectivity index (χ4v) is 3.42. The van der Waals surface area contributed by atoms with E-state index < -0.39 is 5.41 Å². The van der Waals surface area contributed by atoms with Crippen LogP contribution in [0.5, 0.6) is 0 Å². The van der Waals surface area contributed by atoms with Crippen LogP contribution < -0.4 is 4.90 Å². The maximum atomic E-state index is 11.0. The second-order valence-corrected chi connectivity index (χ2v) is 8.11. The molecule has 3 aromatic rings. The van der Waals surface area contributed by atoms with E-state index in [4.69, 9.17) is 4.74 Å². The molecule has 0 saturated carbocycles. The molecular formula is C22H26N4O2. The summed E-state index contributed by atoms with van der Waals surface area (Å²) in [5, 5.41) is 0. The van der Waals surface area contributed by atoms with Gasteiger partial charge in [-0.3, -0.25) is 0 Å². The molecule has 2 aromatic heterocycles. The number of aromatic nitrogens is 3. The van der Waals surface area contributed by atoms with Crippen LogP contribution in [0.4, 0.5) is 5.82 Å². The zero-order valence-corrected chi connectivity index (χ0v) is 16.4. The summed E-state index contributed by atoms with van der Waals surface area (Å²) in [5.74, 6) is 1.82. The Bertz CT molecular complexity index is 908. The number of carbonyl (C=O) groups excluding carboxylic acids is 1. The highest BCUT2D eigenvalue weighted by Gasteiger charge is 2.24. The number of piperidine rings is 1. The highest BCUT2D eigenvalue weighted by atomic mass is 16.5. The van der Waals surface area contributed by atoms with Gasteiger partial charge < -0.3 is 19.4 Å². The quantitative estimate of drug-likeness (QED) is 0.660. The smallest absolute Gasteiger partial charge is 0.140 e. The minimum absolute atomic E-state index is 0.213. The van der Waals surface area contributed by atoms with Crippen molar-refractivity contribution in [3.63, 3.8) is 0 Å². The first kappa shape index (κ1) is 18.6. The fourth-order valence-electron chi connectivity index (χ4n) is 3.42. The first-order valence-corrected chi connectivity index (χ1v) is 9.78. The van der Waals surface area contributed by atoms with Crippen molar-refractivity contribution in [2.24, 2.45) is 5.41 Å². The van der Waals surface area contributed by atoms with Crippen LogP contribution in [0.1, 0.15) is 26.7 Å². The number of H-pyrrole nitrogens is 1. The van der Waals surface area contributed by atoms with Crippen LogP contribution in [0.2, 0.25) is 0 Å². The van der Waals surface area contributed by atoms with Crippen LogP contribution in [0.15, 0.2) is 42.6 Å². The third-order valence-electron chi connectivity index (χ3n) is 5.19. The summed E-state index contributed by atoms with van der Waals surface area (Å²) in [5.41, 5.74) is 2.56. The third-order valence-corrected chi connectivity index (χ3v) is 5.19. The number of para-hydroxylation sites is 2. The second-order valence-electron chi connectivity index (χ2n) is 8.11. The molecule has 1 N–H and O–H groups in total. The van der Waals surface area contributed by atoms with E-state index in [1.54, 1.807) is 0 Å². The molecule has 0 unspecified atom stereocenters. The van der Waals surface area contributed by atoms with Gasteiger partial charge >= 0.3 is 0 Å². The summed E-state index contributed by atoms with van der Waals surface area (Å²) in [7, 11) is 0. The standard InChI is InChI=1S/C22H26N4O2/c1-22(2,14-27)15-28-17-9-11-26(12-10-17)20-8-7-16(13-23-20)21-24-18-5-3-4-6-19(18)25-21/h3-8,13-14,17H,9-12,15H2,1-2H3,(H,24,25). The maximum absolute atomic E-state index is 11.0. The van der Waals surface area contributed by atoms with Gasteiger partial charge in [-0.2, -0.15) is 0 Å². The molecule has 3 heterocycles. The van der Waals surface area contributed by atoms with E-state index >= 15 is 0 Å². The Hall–Kier alpha value is -2.73. The molecule has 6 heteroatoms. The summed E-state index contributed by atoms with van der Waals surface area (Å²) in [4.78, 5) is 25.9. The van der Waals surface area contributed by atoms with Crippen LogP contribution in [0, 0.1) is 5.41 Å². The molecule has 0 radical (unpaired) electrons. The number of nitrogens with one attached hydrogen (secondary N) is 1. The Kier molecular flexibility index (Phi) is 5.13. The molecule has 0 spiro atoms. The van der Waals surface area contributed by atoms with Crippen molar-refractivity contribution in [3.05, 3.63) is 42.6 Å². The van der Waals surface area contributed by atoms with Gasteiger partial charge in [-0.15, -0.1) is 0 Å². The maximum Gasteiger partial charge on any atom is 0.140 e. The lowest BCUT2D eigenvalue weighted by atomic mass is 9.97. The number of rotatable bonds is 6. The number of aromatic amines is 1. The summed E-state index contributed by atoms with van der Waals surface area (Å²) < 4.78 is 5.94. The van der Waals surface area contributed by atoms with E-state index in [9.17, 15) is 4.79 Å². The number of pyridine rings is 1. The minimum Gasteiger partial charge on any atom is -0.377 e. The summed E-state index contributed by atoms with van der Waals surface area (Å²) in [6.45, 7) is 6.10. The van der Waals surface area contributed by atoms with Gasteiger partial charge in [0.1, 0.15) is 17.9 Å². The van der Waals surface area contributed by atoms with Gasteiger partial charge in [0, 0.05) is 30.3 Å². The van der Waals surface area contributed by atoms with Crippen molar-refractivity contribution < 1.29 is 9.53 Å². The van der Waals surface area contributed by atoms with Crippen LogP contribution >= 0.6 is 0 Å². The van der Waals surface area contributed by atoms with Crippen LogP contribution in [0.25, 0.3) is 22.4 Å².